The molecule has 1 fully saturated rings. The fourth-order valence-electron chi connectivity index (χ4n) is 1.63. The summed E-state index contributed by atoms with van der Waals surface area (Å²) in [7, 11) is 0. The Morgan fingerprint density at radius 3 is 2.20 bits per heavy atom. The molecule has 1 nitrogen and oxygen atoms in total. The second-order valence-corrected chi connectivity index (χ2v) is 5.80. The van der Waals surface area contributed by atoms with Gasteiger partial charge in [-0.2, -0.15) is 0 Å². The van der Waals surface area contributed by atoms with Crippen LogP contribution < -0.4 is 4.74 Å². The third-order valence-electron chi connectivity index (χ3n) is 2.48. The van der Waals surface area contributed by atoms with E-state index < -0.39 is 4.33 Å². The molecule has 0 amide bonds. The first kappa shape index (κ1) is 11.1. The highest BCUT2D eigenvalue weighted by Crippen LogP contribution is 2.59. The van der Waals surface area contributed by atoms with Crippen LogP contribution in [-0.4, -0.2) is 10.4 Å². The highest BCUT2D eigenvalue weighted by atomic mass is 35.5. The molecule has 0 unspecified atom stereocenters. The molecule has 2 rings (SSSR count). The first-order valence-electron chi connectivity index (χ1n) is 5.13. The summed E-state index contributed by atoms with van der Waals surface area (Å²) in [6.45, 7) is 4.02. The quantitative estimate of drug-likeness (QED) is 0.727. The molecular weight excluding hydrogens is 231 g/mol. The molecule has 0 aliphatic heterocycles. The number of hydrogen-bond acceptors (Lipinski definition) is 1. The van der Waals surface area contributed by atoms with E-state index in [2.05, 4.69) is 0 Å². The number of ether oxygens (including phenoxy) is 1. The van der Waals surface area contributed by atoms with Gasteiger partial charge in [-0.1, -0.05) is 12.1 Å². The van der Waals surface area contributed by atoms with E-state index >= 15 is 0 Å². The first-order valence-corrected chi connectivity index (χ1v) is 5.89. The van der Waals surface area contributed by atoms with Gasteiger partial charge in [0.25, 0.3) is 0 Å². The Labute approximate surface area is 100 Å². The van der Waals surface area contributed by atoms with E-state index in [4.69, 9.17) is 27.9 Å². The molecule has 1 aliphatic rings. The van der Waals surface area contributed by atoms with E-state index in [-0.39, 0.29) is 12.0 Å². The molecular formula is C12H14Cl2O. The van der Waals surface area contributed by atoms with Gasteiger partial charge in [0, 0.05) is 5.92 Å². The maximum Gasteiger partial charge on any atom is 0.125 e. The summed E-state index contributed by atoms with van der Waals surface area (Å²) in [5.41, 5.74) is 1.19. The number of benzene rings is 1. The van der Waals surface area contributed by atoms with Crippen molar-refractivity contribution in [2.45, 2.75) is 36.6 Å². The fraction of sp³-hybridized carbons (Fsp3) is 0.500. The number of hydrogen-bond donors (Lipinski definition) is 0. The Morgan fingerprint density at radius 1 is 1.27 bits per heavy atom. The predicted molar refractivity (Wildman–Crippen MR) is 64.0 cm³/mol. The molecule has 1 aromatic rings. The average molecular weight is 245 g/mol. The largest absolute Gasteiger partial charge is 0.491 e. The van der Waals surface area contributed by atoms with Crippen LogP contribution in [0, 0.1) is 0 Å². The van der Waals surface area contributed by atoms with Crippen LogP contribution in [0.4, 0.5) is 0 Å². The van der Waals surface area contributed by atoms with Gasteiger partial charge in [-0.25, -0.2) is 0 Å². The fourth-order valence-corrected chi connectivity index (χ4v) is 2.19. The summed E-state index contributed by atoms with van der Waals surface area (Å²) in [6.07, 6.45) is 1.05. The van der Waals surface area contributed by atoms with Crippen molar-refractivity contribution in [1.82, 2.24) is 0 Å². The van der Waals surface area contributed by atoms with Crippen molar-refractivity contribution in [2.24, 2.45) is 0 Å². The molecule has 0 aromatic heterocycles. The lowest BCUT2D eigenvalue weighted by Crippen LogP contribution is -2.05. The van der Waals surface area contributed by atoms with E-state index in [1.165, 1.54) is 5.56 Å². The maximum absolute atomic E-state index is 6.00. The van der Waals surface area contributed by atoms with Crippen molar-refractivity contribution in [1.29, 1.82) is 0 Å². The molecule has 15 heavy (non-hydrogen) atoms. The zero-order valence-electron chi connectivity index (χ0n) is 8.84. The van der Waals surface area contributed by atoms with Crippen molar-refractivity contribution in [2.75, 3.05) is 0 Å². The van der Waals surface area contributed by atoms with Crippen molar-refractivity contribution in [3.63, 3.8) is 0 Å². The van der Waals surface area contributed by atoms with Gasteiger partial charge in [0.15, 0.2) is 0 Å². The third kappa shape index (κ3) is 2.59. The summed E-state index contributed by atoms with van der Waals surface area (Å²) >= 11 is 12.0. The molecule has 0 heterocycles. The molecule has 1 saturated carbocycles. The summed E-state index contributed by atoms with van der Waals surface area (Å²) in [5.74, 6) is 1.18. The molecule has 1 aromatic carbocycles. The Kier molecular flexibility index (Phi) is 2.87. The normalized spacial score (nSPS) is 22.9. The second kappa shape index (κ2) is 3.88. The van der Waals surface area contributed by atoms with Crippen molar-refractivity contribution in [3.8, 4) is 5.75 Å². The standard InChI is InChI=1S/C12H14Cl2O/c1-8(2)15-10-5-3-9(4-6-10)11-7-12(11,13)14/h3-6,8,11H,7H2,1-2H3/t11-/m0/s1. The Bertz CT molecular complexity index is 343. The SMILES string of the molecule is CC(C)Oc1ccc([C@@H]2CC2(Cl)Cl)cc1. The van der Waals surface area contributed by atoms with Gasteiger partial charge in [-0.15, -0.1) is 23.2 Å². The molecule has 0 spiro atoms. The van der Waals surface area contributed by atoms with E-state index in [9.17, 15) is 0 Å². The van der Waals surface area contributed by atoms with Crippen LogP contribution in [0.25, 0.3) is 0 Å². The van der Waals surface area contributed by atoms with Crippen molar-refractivity contribution >= 4 is 23.2 Å². The minimum absolute atomic E-state index is 0.205. The van der Waals surface area contributed by atoms with Gasteiger partial charge in [0.2, 0.25) is 0 Å². The smallest absolute Gasteiger partial charge is 0.125 e. The molecule has 0 bridgehead atoms. The first-order chi connectivity index (χ1) is 6.99. The van der Waals surface area contributed by atoms with E-state index in [1.54, 1.807) is 0 Å². The van der Waals surface area contributed by atoms with E-state index in [1.807, 2.05) is 38.1 Å². The van der Waals surface area contributed by atoms with Gasteiger partial charge in [-0.3, -0.25) is 0 Å². The van der Waals surface area contributed by atoms with Crippen LogP contribution in [0.5, 0.6) is 5.75 Å². The van der Waals surface area contributed by atoms with Crippen molar-refractivity contribution in [3.05, 3.63) is 29.8 Å². The summed E-state index contributed by atoms with van der Waals surface area (Å²) in [5, 5.41) is 0. The minimum Gasteiger partial charge on any atom is -0.491 e. The number of alkyl halides is 2. The Morgan fingerprint density at radius 2 is 1.80 bits per heavy atom. The van der Waals surface area contributed by atoms with Crippen LogP contribution in [0.15, 0.2) is 24.3 Å². The maximum atomic E-state index is 6.00. The molecule has 0 saturated heterocycles. The zero-order chi connectivity index (χ0) is 11.1. The topological polar surface area (TPSA) is 9.23 Å². The lowest BCUT2D eigenvalue weighted by atomic mass is 10.1. The predicted octanol–water partition coefficient (Wildman–Crippen LogP) is 4.14. The van der Waals surface area contributed by atoms with Crippen LogP contribution in [0.2, 0.25) is 0 Å². The molecule has 0 N–H and O–H groups in total. The van der Waals surface area contributed by atoms with Crippen LogP contribution >= 0.6 is 23.2 Å². The second-order valence-electron chi connectivity index (χ2n) is 4.25. The van der Waals surface area contributed by atoms with Crippen LogP contribution in [0.3, 0.4) is 0 Å². The van der Waals surface area contributed by atoms with Crippen LogP contribution in [0.1, 0.15) is 31.7 Å². The number of halogens is 2. The van der Waals surface area contributed by atoms with E-state index in [0.717, 1.165) is 12.2 Å². The highest BCUT2D eigenvalue weighted by Gasteiger charge is 2.52. The lowest BCUT2D eigenvalue weighted by Gasteiger charge is -2.10. The van der Waals surface area contributed by atoms with Crippen LogP contribution in [-0.2, 0) is 0 Å². The van der Waals surface area contributed by atoms with Gasteiger partial charge < -0.3 is 4.74 Å². The molecule has 0 radical (unpaired) electrons. The van der Waals surface area contributed by atoms with Gasteiger partial charge >= 0.3 is 0 Å². The summed E-state index contributed by atoms with van der Waals surface area (Å²) in [6, 6.07) is 8.01. The summed E-state index contributed by atoms with van der Waals surface area (Å²) < 4.78 is 5.01. The monoisotopic (exact) mass is 244 g/mol. The molecule has 3 heteroatoms. The lowest BCUT2D eigenvalue weighted by molar-refractivity contribution is 0.242. The average Bonchev–Trinajstić information content (AvgIpc) is 2.75. The van der Waals surface area contributed by atoms with E-state index in [0.29, 0.717) is 0 Å². The number of rotatable bonds is 3. The minimum atomic E-state index is -0.541. The zero-order valence-corrected chi connectivity index (χ0v) is 10.3. The Hall–Kier alpha value is -0.400. The molecule has 1 aliphatic carbocycles. The highest BCUT2D eigenvalue weighted by molar-refractivity contribution is 6.51. The van der Waals surface area contributed by atoms with Crippen molar-refractivity contribution < 1.29 is 4.74 Å². The van der Waals surface area contributed by atoms with Gasteiger partial charge in [-0.05, 0) is 38.0 Å². The Balaban J connectivity index is 2.05. The van der Waals surface area contributed by atoms with Gasteiger partial charge in [0.05, 0.1) is 6.10 Å². The molecule has 1 atom stereocenters. The third-order valence-corrected chi connectivity index (χ3v) is 3.32. The molecule has 82 valence electrons. The summed E-state index contributed by atoms with van der Waals surface area (Å²) in [4.78, 5) is 0. The van der Waals surface area contributed by atoms with Gasteiger partial charge in [0.1, 0.15) is 10.1 Å².